The van der Waals surface area contributed by atoms with Crippen LogP contribution in [0.1, 0.15) is 73.6 Å². The molecule has 0 spiro atoms. The summed E-state index contributed by atoms with van der Waals surface area (Å²) in [6.07, 6.45) is 0. The number of hydrogen-bond acceptors (Lipinski definition) is 4. The summed E-state index contributed by atoms with van der Waals surface area (Å²) < 4.78 is 5.28. The Morgan fingerprint density at radius 2 is 1.58 bits per heavy atom. The lowest BCUT2D eigenvalue weighted by Gasteiger charge is -2.19. The maximum absolute atomic E-state index is 12.8. The SMILES string of the molecule is Cc1ccc(NC(=O)c2ccc(C(C)(C)C)cc2)cc1-c1cc(C(=O)NCC(C)(C)C)on1. The molecule has 3 aromatic rings. The van der Waals surface area contributed by atoms with Crippen LogP contribution in [0.3, 0.4) is 0 Å². The molecule has 0 aliphatic heterocycles. The van der Waals surface area contributed by atoms with Crippen molar-refractivity contribution < 1.29 is 14.1 Å². The van der Waals surface area contributed by atoms with Gasteiger partial charge in [0, 0.05) is 29.4 Å². The van der Waals surface area contributed by atoms with Gasteiger partial charge in [0.1, 0.15) is 5.69 Å². The Labute approximate surface area is 195 Å². The van der Waals surface area contributed by atoms with Crippen LogP contribution in [0.5, 0.6) is 0 Å². The Balaban J connectivity index is 1.75. The summed E-state index contributed by atoms with van der Waals surface area (Å²) in [6.45, 7) is 15.0. The molecule has 0 aliphatic rings. The van der Waals surface area contributed by atoms with E-state index in [1.807, 2.05) is 70.2 Å². The smallest absolute Gasteiger partial charge is 0.289 e. The summed E-state index contributed by atoms with van der Waals surface area (Å²) in [6, 6.07) is 14.9. The highest BCUT2D eigenvalue weighted by Gasteiger charge is 2.19. The van der Waals surface area contributed by atoms with Gasteiger partial charge in [0.05, 0.1) is 0 Å². The molecule has 3 rings (SSSR count). The van der Waals surface area contributed by atoms with Crippen LogP contribution in [-0.4, -0.2) is 23.5 Å². The second-order valence-corrected chi connectivity index (χ2v) is 10.6. The minimum atomic E-state index is -0.301. The highest BCUT2D eigenvalue weighted by molar-refractivity contribution is 6.04. The largest absolute Gasteiger partial charge is 0.350 e. The molecule has 33 heavy (non-hydrogen) atoms. The van der Waals surface area contributed by atoms with Gasteiger partial charge in [-0.3, -0.25) is 9.59 Å². The van der Waals surface area contributed by atoms with Gasteiger partial charge in [-0.05, 0) is 53.1 Å². The molecule has 0 saturated carbocycles. The zero-order valence-corrected chi connectivity index (χ0v) is 20.5. The lowest BCUT2D eigenvalue weighted by molar-refractivity contribution is 0.0902. The maximum Gasteiger partial charge on any atom is 0.289 e. The van der Waals surface area contributed by atoms with E-state index in [1.165, 1.54) is 5.56 Å². The Hall–Kier alpha value is -3.41. The standard InChI is InChI=1S/C27H33N3O3/c1-17-8-13-20(29-24(31)18-9-11-19(12-10-18)27(5,6)7)14-21(17)22-15-23(33-30-22)25(32)28-16-26(2,3)4/h8-15H,16H2,1-7H3,(H,28,32)(H,29,31). The molecule has 6 nitrogen and oxygen atoms in total. The van der Waals surface area contributed by atoms with Crippen LogP contribution in [0.15, 0.2) is 53.1 Å². The topological polar surface area (TPSA) is 84.2 Å². The van der Waals surface area contributed by atoms with E-state index < -0.39 is 0 Å². The van der Waals surface area contributed by atoms with Crippen molar-refractivity contribution in [2.24, 2.45) is 5.41 Å². The lowest BCUT2D eigenvalue weighted by Crippen LogP contribution is -2.31. The molecule has 0 unspecified atom stereocenters. The van der Waals surface area contributed by atoms with E-state index in [0.29, 0.717) is 23.5 Å². The van der Waals surface area contributed by atoms with Crippen molar-refractivity contribution in [1.29, 1.82) is 0 Å². The number of aromatic nitrogens is 1. The molecule has 0 bridgehead atoms. The van der Waals surface area contributed by atoms with Crippen molar-refractivity contribution in [3.05, 3.63) is 71.0 Å². The highest BCUT2D eigenvalue weighted by Crippen LogP contribution is 2.27. The number of nitrogens with one attached hydrogen (secondary N) is 2. The third kappa shape index (κ3) is 6.31. The number of hydrogen-bond donors (Lipinski definition) is 2. The van der Waals surface area contributed by atoms with Crippen molar-refractivity contribution in [3.63, 3.8) is 0 Å². The number of carbonyl (C=O) groups is 2. The third-order valence-corrected chi connectivity index (χ3v) is 5.30. The molecule has 0 fully saturated rings. The average molecular weight is 448 g/mol. The molecule has 1 heterocycles. The van der Waals surface area contributed by atoms with E-state index in [1.54, 1.807) is 6.07 Å². The van der Waals surface area contributed by atoms with Gasteiger partial charge in [-0.1, -0.05) is 64.9 Å². The first-order chi connectivity index (χ1) is 15.3. The number of carbonyl (C=O) groups excluding carboxylic acids is 2. The lowest BCUT2D eigenvalue weighted by atomic mass is 9.87. The molecule has 0 aliphatic carbocycles. The summed E-state index contributed by atoms with van der Waals surface area (Å²) in [5.41, 5.74) is 4.68. The molecule has 0 saturated heterocycles. The minimum Gasteiger partial charge on any atom is -0.350 e. The molecule has 0 atom stereocenters. The molecule has 0 radical (unpaired) electrons. The van der Waals surface area contributed by atoms with Crippen molar-refractivity contribution in [3.8, 4) is 11.3 Å². The van der Waals surface area contributed by atoms with E-state index in [4.69, 9.17) is 4.52 Å². The number of anilines is 1. The molecule has 2 aromatic carbocycles. The monoisotopic (exact) mass is 447 g/mol. The van der Waals surface area contributed by atoms with Crippen LogP contribution in [0.25, 0.3) is 11.3 Å². The Kier molecular flexibility index (Phi) is 6.77. The molecule has 1 aromatic heterocycles. The number of benzene rings is 2. The quantitative estimate of drug-likeness (QED) is 0.504. The van der Waals surface area contributed by atoms with Crippen molar-refractivity contribution in [2.75, 3.05) is 11.9 Å². The molecule has 2 N–H and O–H groups in total. The van der Waals surface area contributed by atoms with Crippen LogP contribution >= 0.6 is 0 Å². The van der Waals surface area contributed by atoms with Crippen LogP contribution in [-0.2, 0) is 5.41 Å². The first-order valence-corrected chi connectivity index (χ1v) is 11.1. The normalized spacial score (nSPS) is 11.8. The van der Waals surface area contributed by atoms with Crippen molar-refractivity contribution >= 4 is 17.5 Å². The number of amides is 2. The summed E-state index contributed by atoms with van der Waals surface area (Å²) >= 11 is 0. The van der Waals surface area contributed by atoms with Gasteiger partial charge in [0.25, 0.3) is 11.8 Å². The number of nitrogens with zero attached hydrogens (tertiary/aromatic N) is 1. The summed E-state index contributed by atoms with van der Waals surface area (Å²) in [5, 5.41) is 9.88. The van der Waals surface area contributed by atoms with Crippen molar-refractivity contribution in [1.82, 2.24) is 10.5 Å². The zero-order chi connectivity index (χ0) is 24.4. The first kappa shape index (κ1) is 24.2. The summed E-state index contributed by atoms with van der Waals surface area (Å²) in [7, 11) is 0. The summed E-state index contributed by atoms with van der Waals surface area (Å²) in [5.74, 6) is -0.334. The first-order valence-electron chi connectivity index (χ1n) is 11.1. The third-order valence-electron chi connectivity index (χ3n) is 5.30. The molecule has 174 valence electrons. The fraction of sp³-hybridized carbons (Fsp3) is 0.370. The predicted molar refractivity (Wildman–Crippen MR) is 132 cm³/mol. The Morgan fingerprint density at radius 3 is 2.18 bits per heavy atom. The van der Waals surface area contributed by atoms with Crippen LogP contribution < -0.4 is 10.6 Å². The zero-order valence-electron chi connectivity index (χ0n) is 20.5. The van der Waals surface area contributed by atoms with Crippen LogP contribution in [0, 0.1) is 12.3 Å². The van der Waals surface area contributed by atoms with E-state index in [9.17, 15) is 9.59 Å². The highest BCUT2D eigenvalue weighted by atomic mass is 16.5. The molecule has 6 heteroatoms. The second-order valence-electron chi connectivity index (χ2n) is 10.6. The fourth-order valence-electron chi connectivity index (χ4n) is 3.24. The van der Waals surface area contributed by atoms with E-state index in [-0.39, 0.29) is 28.4 Å². The predicted octanol–water partition coefficient (Wildman–Crippen LogP) is 5.98. The molecular formula is C27H33N3O3. The van der Waals surface area contributed by atoms with Gasteiger partial charge in [-0.25, -0.2) is 0 Å². The van der Waals surface area contributed by atoms with E-state index in [2.05, 4.69) is 36.6 Å². The van der Waals surface area contributed by atoms with Gasteiger partial charge in [0.2, 0.25) is 5.76 Å². The number of rotatable bonds is 5. The van der Waals surface area contributed by atoms with Gasteiger partial charge >= 0.3 is 0 Å². The minimum absolute atomic E-state index is 0.0287. The van der Waals surface area contributed by atoms with Crippen LogP contribution in [0.2, 0.25) is 0 Å². The molecular weight excluding hydrogens is 414 g/mol. The average Bonchev–Trinajstić information content (AvgIpc) is 3.22. The fourth-order valence-corrected chi connectivity index (χ4v) is 3.24. The van der Waals surface area contributed by atoms with Crippen LogP contribution in [0.4, 0.5) is 5.69 Å². The summed E-state index contributed by atoms with van der Waals surface area (Å²) in [4.78, 5) is 25.1. The van der Waals surface area contributed by atoms with Crippen molar-refractivity contribution in [2.45, 2.75) is 53.9 Å². The molecule has 2 amide bonds. The van der Waals surface area contributed by atoms with E-state index >= 15 is 0 Å². The number of aryl methyl sites for hydroxylation is 1. The van der Waals surface area contributed by atoms with Gasteiger partial charge in [0.15, 0.2) is 0 Å². The van der Waals surface area contributed by atoms with E-state index in [0.717, 1.165) is 11.1 Å². The Morgan fingerprint density at radius 1 is 0.909 bits per heavy atom. The maximum atomic E-state index is 12.8. The van der Waals surface area contributed by atoms with Gasteiger partial charge in [-0.15, -0.1) is 0 Å². The van der Waals surface area contributed by atoms with Gasteiger partial charge in [-0.2, -0.15) is 0 Å². The second kappa shape index (κ2) is 9.22. The Bertz CT molecular complexity index is 1150. The van der Waals surface area contributed by atoms with Gasteiger partial charge < -0.3 is 15.2 Å².